The Labute approximate surface area is 216 Å². The maximum absolute atomic E-state index is 12.8. The van der Waals surface area contributed by atoms with Crippen LogP contribution < -0.4 is 4.74 Å². The average molecular weight is 517 g/mol. The van der Waals surface area contributed by atoms with E-state index in [0.717, 1.165) is 49.5 Å². The van der Waals surface area contributed by atoms with Gasteiger partial charge in [0.2, 0.25) is 0 Å². The van der Waals surface area contributed by atoms with Crippen molar-refractivity contribution in [3.63, 3.8) is 0 Å². The molecule has 0 aliphatic heterocycles. The molecule has 1 heterocycles. The number of esters is 1. The smallest absolute Gasteiger partial charge is 0.462 e. The van der Waals surface area contributed by atoms with Crippen molar-refractivity contribution in [2.45, 2.75) is 77.5 Å². The number of para-hydroxylation sites is 1. The highest BCUT2D eigenvalue weighted by molar-refractivity contribution is 5.87. The number of aryl methyl sites for hydroxylation is 1. The van der Waals surface area contributed by atoms with Gasteiger partial charge in [0.05, 0.1) is 12.2 Å². The lowest BCUT2D eigenvalue weighted by molar-refractivity contribution is -0.274. The number of hydrogen-bond donors (Lipinski definition) is 0. The molecule has 0 N–H and O–H groups in total. The molecule has 3 aromatic rings. The second kappa shape index (κ2) is 13.9. The SMILES string of the molecule is C=C(C)C(=O)OCCCCCCCCCCCc1ccc2cc(-c3ccccc3OC(F)(F)F)oc2c1. The summed E-state index contributed by atoms with van der Waals surface area (Å²) in [6.07, 6.45) is 6.34. The van der Waals surface area contributed by atoms with Crippen LogP contribution in [0.4, 0.5) is 13.2 Å². The summed E-state index contributed by atoms with van der Waals surface area (Å²) in [6, 6.07) is 13.7. The van der Waals surface area contributed by atoms with E-state index in [-0.39, 0.29) is 17.3 Å². The van der Waals surface area contributed by atoms with E-state index in [4.69, 9.17) is 9.15 Å². The van der Waals surface area contributed by atoms with Crippen LogP contribution in [0.2, 0.25) is 0 Å². The molecule has 0 atom stereocenters. The fraction of sp³-hybridized carbons (Fsp3) is 0.433. The van der Waals surface area contributed by atoms with Gasteiger partial charge in [0.1, 0.15) is 17.1 Å². The monoisotopic (exact) mass is 516 g/mol. The van der Waals surface area contributed by atoms with Crippen LogP contribution in [0.1, 0.15) is 70.3 Å². The first-order valence-electron chi connectivity index (χ1n) is 12.9. The second-order valence-corrected chi connectivity index (χ2v) is 9.38. The molecule has 3 rings (SSSR count). The van der Waals surface area contributed by atoms with E-state index in [0.29, 0.717) is 23.5 Å². The van der Waals surface area contributed by atoms with Gasteiger partial charge in [0.25, 0.3) is 0 Å². The summed E-state index contributed by atoms with van der Waals surface area (Å²) < 4.78 is 53.4. The lowest BCUT2D eigenvalue weighted by atomic mass is 10.0. The van der Waals surface area contributed by atoms with Gasteiger partial charge >= 0.3 is 12.3 Å². The minimum absolute atomic E-state index is 0.267. The maximum Gasteiger partial charge on any atom is 0.573 e. The van der Waals surface area contributed by atoms with Gasteiger partial charge in [-0.1, -0.05) is 75.8 Å². The van der Waals surface area contributed by atoms with Gasteiger partial charge in [-0.25, -0.2) is 4.79 Å². The van der Waals surface area contributed by atoms with Gasteiger partial charge in [-0.05, 0) is 56.0 Å². The van der Waals surface area contributed by atoms with Gasteiger partial charge in [-0.2, -0.15) is 0 Å². The summed E-state index contributed by atoms with van der Waals surface area (Å²) in [5, 5.41) is 0.842. The van der Waals surface area contributed by atoms with Gasteiger partial charge in [-0.15, -0.1) is 13.2 Å². The molecule has 0 amide bonds. The number of benzene rings is 2. The lowest BCUT2D eigenvalue weighted by Crippen LogP contribution is -2.17. The molecule has 0 saturated heterocycles. The third kappa shape index (κ3) is 9.63. The molecule has 0 radical (unpaired) electrons. The van der Waals surface area contributed by atoms with Gasteiger partial charge in [0.15, 0.2) is 0 Å². The predicted octanol–water partition coefficient (Wildman–Crippen LogP) is 9.17. The molecule has 7 heteroatoms. The van der Waals surface area contributed by atoms with Crippen molar-refractivity contribution in [3.8, 4) is 17.1 Å². The first-order chi connectivity index (χ1) is 17.7. The van der Waals surface area contributed by atoms with Crippen molar-refractivity contribution in [2.24, 2.45) is 0 Å². The Morgan fingerprint density at radius 3 is 2.22 bits per heavy atom. The number of rotatable bonds is 15. The van der Waals surface area contributed by atoms with Crippen LogP contribution in [0.5, 0.6) is 5.75 Å². The molecule has 0 aliphatic rings. The zero-order chi connectivity index (χ0) is 26.7. The van der Waals surface area contributed by atoms with E-state index < -0.39 is 6.36 Å². The fourth-order valence-electron chi connectivity index (χ4n) is 4.20. The second-order valence-electron chi connectivity index (χ2n) is 9.38. The summed E-state index contributed by atoms with van der Waals surface area (Å²) in [5.41, 5.74) is 2.52. The summed E-state index contributed by atoms with van der Waals surface area (Å²) in [6.45, 7) is 5.69. The standard InChI is InChI=1S/C30H35F3O4/c1-22(2)29(34)35-19-13-9-7-5-3-4-6-8-10-14-23-17-18-24-21-28(36-27(24)20-23)25-15-11-12-16-26(25)37-30(31,32)33/h11-12,15-18,20-21H,1,3-10,13-14,19H2,2H3. The van der Waals surface area contributed by atoms with E-state index in [1.54, 1.807) is 25.1 Å². The molecule has 4 nitrogen and oxygen atoms in total. The summed E-state index contributed by atoms with van der Waals surface area (Å²) in [4.78, 5) is 11.3. The molecule has 2 aromatic carbocycles. The molecule has 37 heavy (non-hydrogen) atoms. The molecule has 0 saturated carbocycles. The Hall–Kier alpha value is -3.22. The molecule has 0 fully saturated rings. The van der Waals surface area contributed by atoms with Crippen LogP contribution in [-0.4, -0.2) is 18.9 Å². The van der Waals surface area contributed by atoms with Crippen molar-refractivity contribution in [3.05, 3.63) is 66.2 Å². The largest absolute Gasteiger partial charge is 0.573 e. The van der Waals surface area contributed by atoms with E-state index in [1.165, 1.54) is 37.8 Å². The highest BCUT2D eigenvalue weighted by Gasteiger charge is 2.32. The Morgan fingerprint density at radius 2 is 1.54 bits per heavy atom. The first kappa shape index (κ1) is 28.4. The van der Waals surface area contributed by atoms with Crippen molar-refractivity contribution in [1.82, 2.24) is 0 Å². The zero-order valence-corrected chi connectivity index (χ0v) is 21.4. The Kier molecular flexibility index (Phi) is 10.7. The van der Waals surface area contributed by atoms with E-state index in [2.05, 4.69) is 11.3 Å². The van der Waals surface area contributed by atoms with Gasteiger partial charge in [-0.3, -0.25) is 0 Å². The average Bonchev–Trinajstić information content (AvgIpc) is 3.27. The van der Waals surface area contributed by atoms with Gasteiger partial charge in [0, 0.05) is 11.0 Å². The minimum Gasteiger partial charge on any atom is -0.462 e. The quantitative estimate of drug-likeness (QED) is 0.115. The number of furan rings is 1. The maximum atomic E-state index is 12.8. The molecule has 1 aromatic heterocycles. The molecule has 0 spiro atoms. The van der Waals surface area contributed by atoms with Crippen LogP contribution in [0.3, 0.4) is 0 Å². The van der Waals surface area contributed by atoms with Crippen LogP contribution in [0.25, 0.3) is 22.3 Å². The fourth-order valence-corrected chi connectivity index (χ4v) is 4.20. The molecular formula is C30H35F3O4. The third-order valence-corrected chi connectivity index (χ3v) is 6.15. The number of hydrogen-bond acceptors (Lipinski definition) is 4. The molecule has 200 valence electrons. The van der Waals surface area contributed by atoms with Crippen LogP contribution >= 0.6 is 0 Å². The van der Waals surface area contributed by atoms with E-state index >= 15 is 0 Å². The number of alkyl halides is 3. The molecular weight excluding hydrogens is 481 g/mol. The molecule has 0 aliphatic carbocycles. The van der Waals surface area contributed by atoms with Gasteiger partial charge < -0.3 is 13.9 Å². The zero-order valence-electron chi connectivity index (χ0n) is 21.4. The van der Waals surface area contributed by atoms with E-state index in [9.17, 15) is 18.0 Å². The summed E-state index contributed by atoms with van der Waals surface area (Å²) >= 11 is 0. The number of fused-ring (bicyclic) bond motifs is 1. The van der Waals surface area contributed by atoms with Crippen molar-refractivity contribution in [2.75, 3.05) is 6.61 Å². The summed E-state index contributed by atoms with van der Waals surface area (Å²) in [7, 11) is 0. The first-order valence-corrected chi connectivity index (χ1v) is 12.9. The number of unbranched alkanes of at least 4 members (excludes halogenated alkanes) is 8. The van der Waals surface area contributed by atoms with Crippen LogP contribution in [0, 0.1) is 0 Å². The Balaban J connectivity index is 1.36. The third-order valence-electron chi connectivity index (χ3n) is 6.15. The topological polar surface area (TPSA) is 48.7 Å². The van der Waals surface area contributed by atoms with Crippen molar-refractivity contribution in [1.29, 1.82) is 0 Å². The van der Waals surface area contributed by atoms with Crippen molar-refractivity contribution >= 4 is 16.9 Å². The lowest BCUT2D eigenvalue weighted by Gasteiger charge is -2.11. The number of carbonyl (C=O) groups is 1. The normalized spacial score (nSPS) is 11.6. The molecule has 0 unspecified atom stereocenters. The number of ether oxygens (including phenoxy) is 2. The highest BCUT2D eigenvalue weighted by atomic mass is 19.4. The van der Waals surface area contributed by atoms with Crippen molar-refractivity contribution < 1.29 is 31.9 Å². The predicted molar refractivity (Wildman–Crippen MR) is 139 cm³/mol. The molecule has 0 bridgehead atoms. The van der Waals surface area contributed by atoms with E-state index in [1.807, 2.05) is 18.2 Å². The Bertz CT molecular complexity index is 1160. The number of carbonyl (C=O) groups excluding carboxylic acids is 1. The Morgan fingerprint density at radius 1 is 0.892 bits per heavy atom. The van der Waals surface area contributed by atoms with Crippen LogP contribution in [-0.2, 0) is 16.0 Å². The number of halogens is 3. The minimum atomic E-state index is -4.77. The van der Waals surface area contributed by atoms with Crippen LogP contribution in [0.15, 0.2) is 65.1 Å². The highest BCUT2D eigenvalue weighted by Crippen LogP contribution is 2.36. The summed E-state index contributed by atoms with van der Waals surface area (Å²) in [5.74, 6) is -0.243.